The minimum atomic E-state index is 1.02. The van der Waals surface area contributed by atoms with E-state index in [2.05, 4.69) is 36.2 Å². The van der Waals surface area contributed by atoms with Gasteiger partial charge in [-0.25, -0.2) is 0 Å². The van der Waals surface area contributed by atoms with Gasteiger partial charge in [0, 0.05) is 5.71 Å². The van der Waals surface area contributed by atoms with Crippen LogP contribution in [-0.2, 0) is 6.42 Å². The summed E-state index contributed by atoms with van der Waals surface area (Å²) in [7, 11) is 0. The fourth-order valence-electron chi connectivity index (χ4n) is 1.26. The molecule has 0 radical (unpaired) electrons. The Morgan fingerprint density at radius 2 is 1.83 bits per heavy atom. The lowest BCUT2D eigenvalue weighted by Gasteiger charge is -1.98. The summed E-state index contributed by atoms with van der Waals surface area (Å²) in [5.41, 5.74) is 4.15. The molecule has 1 heterocycles. The third-order valence-electron chi connectivity index (χ3n) is 2.20. The third-order valence-corrected chi connectivity index (χ3v) is 2.20. The molecule has 1 aliphatic heterocycles. The van der Waals surface area contributed by atoms with Crippen LogP contribution in [0.5, 0.6) is 0 Å². The molecule has 1 nitrogen and oxygen atoms in total. The van der Waals surface area contributed by atoms with Crippen LogP contribution in [0.15, 0.2) is 29.3 Å². The SMILES string of the molecule is Cc1ccc(CCC2=NC2)cc1. The van der Waals surface area contributed by atoms with Crippen LogP contribution in [0.1, 0.15) is 17.5 Å². The molecule has 0 bridgehead atoms. The van der Waals surface area contributed by atoms with Crippen molar-refractivity contribution >= 4 is 5.71 Å². The summed E-state index contributed by atoms with van der Waals surface area (Å²) in [5.74, 6) is 0. The van der Waals surface area contributed by atoms with Gasteiger partial charge >= 0.3 is 0 Å². The van der Waals surface area contributed by atoms with Gasteiger partial charge in [0.2, 0.25) is 0 Å². The molecule has 0 spiro atoms. The molecule has 2 rings (SSSR count). The smallest absolute Gasteiger partial charge is 0.0768 e. The first-order chi connectivity index (χ1) is 5.84. The second-order valence-electron chi connectivity index (χ2n) is 3.37. The maximum absolute atomic E-state index is 4.15. The molecule has 0 N–H and O–H groups in total. The van der Waals surface area contributed by atoms with Crippen LogP contribution >= 0.6 is 0 Å². The van der Waals surface area contributed by atoms with E-state index in [0.29, 0.717) is 0 Å². The average Bonchev–Trinajstić information content (AvgIpc) is 2.87. The van der Waals surface area contributed by atoms with E-state index in [1.165, 1.54) is 16.8 Å². The Bertz CT molecular complexity index is 295. The fraction of sp³-hybridized carbons (Fsp3) is 0.364. The second kappa shape index (κ2) is 3.10. The van der Waals surface area contributed by atoms with E-state index in [1.54, 1.807) is 0 Å². The number of rotatable bonds is 3. The molecule has 12 heavy (non-hydrogen) atoms. The number of hydrogen-bond acceptors (Lipinski definition) is 1. The first kappa shape index (κ1) is 7.53. The van der Waals surface area contributed by atoms with E-state index >= 15 is 0 Å². The van der Waals surface area contributed by atoms with Crippen LogP contribution in [0.25, 0.3) is 0 Å². The minimum Gasteiger partial charge on any atom is -0.286 e. The average molecular weight is 159 g/mol. The van der Waals surface area contributed by atoms with Gasteiger partial charge < -0.3 is 0 Å². The van der Waals surface area contributed by atoms with E-state index in [1.807, 2.05) is 0 Å². The van der Waals surface area contributed by atoms with Gasteiger partial charge in [0.25, 0.3) is 0 Å². The lowest BCUT2D eigenvalue weighted by atomic mass is 10.1. The maximum Gasteiger partial charge on any atom is 0.0768 e. The molecule has 62 valence electrons. The van der Waals surface area contributed by atoms with Crippen molar-refractivity contribution in [1.29, 1.82) is 0 Å². The molecule has 1 aliphatic rings. The molecule has 0 amide bonds. The Morgan fingerprint density at radius 3 is 2.42 bits per heavy atom. The van der Waals surface area contributed by atoms with Gasteiger partial charge in [0.1, 0.15) is 0 Å². The summed E-state index contributed by atoms with van der Waals surface area (Å²) < 4.78 is 0. The maximum atomic E-state index is 4.15. The molecule has 1 heteroatoms. The van der Waals surface area contributed by atoms with Crippen LogP contribution in [0.3, 0.4) is 0 Å². The van der Waals surface area contributed by atoms with E-state index in [4.69, 9.17) is 0 Å². The molecular weight excluding hydrogens is 146 g/mol. The van der Waals surface area contributed by atoms with Crippen molar-refractivity contribution in [3.8, 4) is 0 Å². The lowest BCUT2D eigenvalue weighted by Crippen LogP contribution is -1.89. The number of nitrogens with zero attached hydrogens (tertiary/aromatic N) is 1. The van der Waals surface area contributed by atoms with E-state index in [0.717, 1.165) is 19.4 Å². The van der Waals surface area contributed by atoms with Crippen molar-refractivity contribution < 1.29 is 0 Å². The Labute approximate surface area is 73.1 Å². The summed E-state index contributed by atoms with van der Waals surface area (Å²) in [5, 5.41) is 0. The third kappa shape index (κ3) is 1.94. The molecular formula is C11H13N. The number of hydrogen-bond donors (Lipinski definition) is 0. The largest absolute Gasteiger partial charge is 0.286 e. The fourth-order valence-corrected chi connectivity index (χ4v) is 1.26. The van der Waals surface area contributed by atoms with Gasteiger partial charge in [-0.15, -0.1) is 0 Å². The first-order valence-electron chi connectivity index (χ1n) is 4.42. The first-order valence-corrected chi connectivity index (χ1v) is 4.42. The summed E-state index contributed by atoms with van der Waals surface area (Å²) >= 11 is 0. The van der Waals surface area contributed by atoms with E-state index < -0.39 is 0 Å². The highest BCUT2D eigenvalue weighted by atomic mass is 14.9. The van der Waals surface area contributed by atoms with Gasteiger partial charge in [-0.3, -0.25) is 4.99 Å². The summed E-state index contributed by atoms with van der Waals surface area (Å²) in [6.07, 6.45) is 2.31. The normalized spacial score (nSPS) is 14.2. The Hall–Kier alpha value is -1.11. The monoisotopic (exact) mass is 159 g/mol. The van der Waals surface area contributed by atoms with Crippen molar-refractivity contribution in [1.82, 2.24) is 0 Å². The van der Waals surface area contributed by atoms with Gasteiger partial charge in [-0.1, -0.05) is 29.8 Å². The van der Waals surface area contributed by atoms with Gasteiger partial charge in [0.05, 0.1) is 6.54 Å². The zero-order valence-electron chi connectivity index (χ0n) is 7.38. The Morgan fingerprint density at radius 1 is 1.17 bits per heavy atom. The Balaban J connectivity index is 1.93. The molecule has 0 fully saturated rings. The van der Waals surface area contributed by atoms with Gasteiger partial charge in [-0.2, -0.15) is 0 Å². The number of aliphatic imine (C=N–C) groups is 1. The molecule has 1 aromatic carbocycles. The van der Waals surface area contributed by atoms with Crippen LogP contribution in [0.4, 0.5) is 0 Å². The zero-order chi connectivity index (χ0) is 8.39. The molecule has 0 saturated heterocycles. The van der Waals surface area contributed by atoms with Crippen LogP contribution < -0.4 is 0 Å². The molecule has 0 atom stereocenters. The van der Waals surface area contributed by atoms with E-state index in [9.17, 15) is 0 Å². The molecule has 0 aliphatic carbocycles. The van der Waals surface area contributed by atoms with Crippen LogP contribution in [0, 0.1) is 6.92 Å². The predicted octanol–water partition coefficient (Wildman–Crippen LogP) is 2.38. The lowest BCUT2D eigenvalue weighted by molar-refractivity contribution is 1.05. The number of benzene rings is 1. The van der Waals surface area contributed by atoms with Crippen LogP contribution in [0.2, 0.25) is 0 Å². The highest BCUT2D eigenvalue weighted by Crippen LogP contribution is 2.09. The second-order valence-corrected chi connectivity index (χ2v) is 3.37. The molecule has 0 aromatic heterocycles. The molecule has 0 saturated carbocycles. The highest BCUT2D eigenvalue weighted by Gasteiger charge is 2.08. The van der Waals surface area contributed by atoms with Crippen molar-refractivity contribution in [2.75, 3.05) is 6.54 Å². The topological polar surface area (TPSA) is 12.4 Å². The van der Waals surface area contributed by atoms with Crippen LogP contribution in [-0.4, -0.2) is 12.3 Å². The highest BCUT2D eigenvalue weighted by molar-refractivity contribution is 5.96. The number of aryl methyl sites for hydroxylation is 2. The Kier molecular flexibility index (Phi) is 1.94. The van der Waals surface area contributed by atoms with E-state index in [-0.39, 0.29) is 0 Å². The van der Waals surface area contributed by atoms with Crippen molar-refractivity contribution in [2.45, 2.75) is 19.8 Å². The van der Waals surface area contributed by atoms with Crippen molar-refractivity contribution in [3.05, 3.63) is 35.4 Å². The van der Waals surface area contributed by atoms with Gasteiger partial charge in [0.15, 0.2) is 0 Å². The summed E-state index contributed by atoms with van der Waals surface area (Å²) in [6, 6.07) is 8.75. The predicted molar refractivity (Wildman–Crippen MR) is 51.8 cm³/mol. The standard InChI is InChI=1S/C11H13N/c1-9-2-4-10(5-3-9)6-7-11-8-12-11/h2-5H,6-8H2,1H3. The molecule has 0 unspecified atom stereocenters. The minimum absolute atomic E-state index is 1.02. The summed E-state index contributed by atoms with van der Waals surface area (Å²) in [6.45, 7) is 3.14. The van der Waals surface area contributed by atoms with Gasteiger partial charge in [-0.05, 0) is 25.3 Å². The molecule has 1 aromatic rings. The quantitative estimate of drug-likeness (QED) is 0.642. The van der Waals surface area contributed by atoms with Crippen molar-refractivity contribution in [3.63, 3.8) is 0 Å². The van der Waals surface area contributed by atoms with Crippen molar-refractivity contribution in [2.24, 2.45) is 4.99 Å². The summed E-state index contributed by atoms with van der Waals surface area (Å²) in [4.78, 5) is 4.15. The zero-order valence-corrected chi connectivity index (χ0v) is 7.38.